The number of rotatable bonds is 12. The third kappa shape index (κ3) is 38.7. The average molecular weight is 1660 g/mol. The molecule has 40 heteroatoms. The van der Waals surface area contributed by atoms with Crippen LogP contribution in [-0.2, 0) is 34.8 Å². The van der Waals surface area contributed by atoms with Gasteiger partial charge in [0.05, 0.1) is 76.3 Å². The second-order valence-corrected chi connectivity index (χ2v) is 27.3. The Kier molecular flexibility index (Phi) is 51.5. The van der Waals surface area contributed by atoms with E-state index in [0.717, 1.165) is 55.1 Å². The first-order chi connectivity index (χ1) is 44.1. The summed E-state index contributed by atoms with van der Waals surface area (Å²) in [6.07, 6.45) is 3.23. The van der Waals surface area contributed by atoms with Crippen LogP contribution in [-0.4, -0.2) is 162 Å². The van der Waals surface area contributed by atoms with Crippen LogP contribution in [0.4, 0.5) is 0 Å². The van der Waals surface area contributed by atoms with Crippen LogP contribution in [0.3, 0.4) is 0 Å². The number of carbonyl (C=O) groups excluding carboxylic acids is 2. The van der Waals surface area contributed by atoms with Gasteiger partial charge in [0, 0.05) is 54.4 Å². The first-order valence-electron chi connectivity index (χ1n) is 26.6. The highest BCUT2D eigenvalue weighted by atomic mass is 79.9. The summed E-state index contributed by atoms with van der Waals surface area (Å²) in [5, 5.41) is 26.7. The normalized spacial score (nSPS) is 12.7. The molecular weight excluding hydrogens is 1590 g/mol. The van der Waals surface area contributed by atoms with Gasteiger partial charge in [0.2, 0.25) is 0 Å². The van der Waals surface area contributed by atoms with Gasteiger partial charge < -0.3 is 53.9 Å². The Morgan fingerprint density at radius 1 is 0.609 bits per heavy atom. The number of hydrogen-bond donors (Lipinski definition) is 6. The maximum atomic E-state index is 11.2. The van der Waals surface area contributed by atoms with Gasteiger partial charge in [0.15, 0.2) is 54.3 Å². The minimum atomic E-state index is -0.373. The zero-order valence-corrected chi connectivity index (χ0v) is 64.0. The topological polar surface area (TPSA) is 316 Å². The molecule has 0 unspecified atom stereocenters. The van der Waals surface area contributed by atoms with Crippen LogP contribution >= 0.6 is 201 Å². The summed E-state index contributed by atoms with van der Waals surface area (Å²) in [6, 6.07) is 2.92. The number of aromatic amines is 3. The van der Waals surface area contributed by atoms with E-state index in [1.54, 1.807) is 48.6 Å². The average Bonchev–Trinajstić information content (AvgIpc) is 1.88. The molecule has 0 saturated carbocycles. The van der Waals surface area contributed by atoms with Crippen LogP contribution in [0.2, 0.25) is 39.9 Å². The van der Waals surface area contributed by atoms with Crippen molar-refractivity contribution in [3.05, 3.63) is 140 Å². The van der Waals surface area contributed by atoms with Gasteiger partial charge in [-0.05, 0) is 65.5 Å². The number of thioether (sulfide) groups is 1. The highest BCUT2D eigenvalue weighted by Gasteiger charge is 2.25. The zero-order chi connectivity index (χ0) is 68.8. The fraction of sp³-hybridized carbons (Fsp3) is 0.462. The van der Waals surface area contributed by atoms with Crippen molar-refractivity contribution < 1.29 is 48.6 Å². The quantitative estimate of drug-likeness (QED) is 0.0218. The number of hydrogen-bond acceptors (Lipinski definition) is 28. The largest absolute Gasteiger partial charge is 0.397 e. The minimum absolute atomic E-state index is 0.125. The number of nitrogens with zero attached hydrogens (tertiary/aromatic N) is 8. The second-order valence-electron chi connectivity index (χ2n) is 16.4. The monoisotopic (exact) mass is 1650 g/mol. The smallest absolute Gasteiger partial charge is 0.251 e. The molecule has 0 aromatic carbocycles. The first-order valence-corrected chi connectivity index (χ1v) is 37.3. The van der Waals surface area contributed by atoms with Crippen LogP contribution in [0.15, 0.2) is 48.9 Å². The van der Waals surface area contributed by atoms with E-state index >= 15 is 0 Å². The van der Waals surface area contributed by atoms with Crippen molar-refractivity contribution in [2.24, 2.45) is 0 Å². The summed E-state index contributed by atoms with van der Waals surface area (Å²) < 4.78 is 27.0. The van der Waals surface area contributed by atoms with Gasteiger partial charge in [-0.25, -0.2) is 34.9 Å². The molecule has 0 spiro atoms. The van der Waals surface area contributed by atoms with Crippen molar-refractivity contribution >= 4 is 213 Å². The number of aliphatic hydroxyl groups is 3. The Labute approximate surface area is 613 Å². The van der Waals surface area contributed by atoms with E-state index in [-0.39, 0.29) is 48.7 Å². The highest BCUT2D eigenvalue weighted by molar-refractivity contribution is 9.08. The number of carbonyl (C=O) groups is 2. The number of aromatic nitrogens is 10. The van der Waals surface area contributed by atoms with E-state index in [1.165, 1.54) is 107 Å². The van der Waals surface area contributed by atoms with Crippen LogP contribution in [0.1, 0.15) is 103 Å². The lowest BCUT2D eigenvalue weighted by Crippen LogP contribution is -2.21. The van der Waals surface area contributed by atoms with E-state index in [1.807, 2.05) is 0 Å². The highest BCUT2D eigenvalue weighted by Crippen LogP contribution is 2.36. The van der Waals surface area contributed by atoms with Gasteiger partial charge >= 0.3 is 0 Å². The fourth-order valence-corrected chi connectivity index (χ4v) is 14.0. The summed E-state index contributed by atoms with van der Waals surface area (Å²) in [7, 11) is 0. The molecular formula is C52H66BrCl8N11O12S8. The number of aryl methyl sites for hydroxylation is 2. The molecule has 3 aliphatic rings. The van der Waals surface area contributed by atoms with Gasteiger partial charge in [-0.3, -0.25) is 24.2 Å². The van der Waals surface area contributed by atoms with Gasteiger partial charge in [0.25, 0.3) is 11.1 Å². The molecule has 0 atom stereocenters. The Morgan fingerprint density at radius 2 is 1.09 bits per heavy atom. The Balaban J connectivity index is 0.000000518. The van der Waals surface area contributed by atoms with Crippen molar-refractivity contribution in [1.82, 2.24) is 54.7 Å². The summed E-state index contributed by atoms with van der Waals surface area (Å²) in [5.41, 5.74) is 7.85. The number of alkyl halides is 1. The van der Waals surface area contributed by atoms with E-state index in [4.69, 9.17) is 132 Å². The van der Waals surface area contributed by atoms with E-state index in [9.17, 15) is 19.2 Å². The van der Waals surface area contributed by atoms with Crippen molar-refractivity contribution in [3.8, 4) is 0 Å². The molecule has 23 nitrogen and oxygen atoms in total. The lowest BCUT2D eigenvalue weighted by atomic mass is 10.4. The molecule has 512 valence electrons. The van der Waals surface area contributed by atoms with Crippen molar-refractivity contribution in [2.75, 3.05) is 79.1 Å². The maximum absolute atomic E-state index is 11.2. The molecule has 0 bridgehead atoms. The van der Waals surface area contributed by atoms with Crippen LogP contribution in [0.5, 0.6) is 0 Å². The number of aldehydes is 2. The molecule has 3 saturated heterocycles. The molecule has 11 rings (SSSR count). The van der Waals surface area contributed by atoms with Gasteiger partial charge in [-0.1, -0.05) is 153 Å². The Morgan fingerprint density at radius 3 is 1.41 bits per heavy atom. The summed E-state index contributed by atoms with van der Waals surface area (Å²) >= 11 is 62.4. The first kappa shape index (κ1) is 87.9. The SMILES string of the molecule is C1CCOC1.CCN(CC)CC.CCO.Cc1cc(=O)[nH]c(=S)[nH]1.Cc1cc(=O)[nH]c(SCc2scnc2Cl)n1.Clc1nc(Cl)c(C2OCCO2)s1.Clc1ncsc1C1OCCO1.Clc1ncsc1CBr.O=Cc1sc(Cl)nc1Cl.O=Cc1scnc1Cl.OCCO. The van der Waals surface area contributed by atoms with Crippen LogP contribution in [0.25, 0.3) is 0 Å². The molecule has 92 heavy (non-hydrogen) atoms. The van der Waals surface area contributed by atoms with E-state index < -0.39 is 0 Å². The fourth-order valence-electron chi connectivity index (χ4n) is 5.75. The van der Waals surface area contributed by atoms with E-state index in [0.29, 0.717) is 105 Å². The second kappa shape index (κ2) is 53.9. The molecule has 3 fully saturated rings. The van der Waals surface area contributed by atoms with Gasteiger partial charge in [0.1, 0.15) is 35.2 Å². The predicted molar refractivity (Wildman–Crippen MR) is 382 cm³/mol. The lowest BCUT2D eigenvalue weighted by Gasteiger charge is -2.13. The van der Waals surface area contributed by atoms with Crippen molar-refractivity contribution in [2.45, 2.75) is 83.2 Å². The van der Waals surface area contributed by atoms with Crippen molar-refractivity contribution in [1.29, 1.82) is 0 Å². The predicted octanol–water partition coefficient (Wildman–Crippen LogP) is 15.2. The Bertz CT molecular complexity index is 3370. The van der Waals surface area contributed by atoms with Crippen LogP contribution < -0.4 is 11.1 Å². The number of nitrogens with one attached hydrogen (secondary N) is 3. The van der Waals surface area contributed by atoms with Crippen molar-refractivity contribution in [3.63, 3.8) is 0 Å². The third-order valence-electron chi connectivity index (χ3n) is 9.81. The van der Waals surface area contributed by atoms with Gasteiger partial charge in [-0.15, -0.1) is 56.7 Å². The summed E-state index contributed by atoms with van der Waals surface area (Å²) in [6.45, 7) is 19.8. The number of thiazole rings is 6. The van der Waals surface area contributed by atoms with Gasteiger partial charge in [-0.2, -0.15) is 0 Å². The zero-order valence-electron chi connectivity index (χ0n) is 49.8. The maximum Gasteiger partial charge on any atom is 0.251 e. The molecule has 8 aromatic rings. The summed E-state index contributed by atoms with van der Waals surface area (Å²) in [5.74, 6) is 0.663. The number of aliphatic hydroxyl groups excluding tert-OH is 3. The van der Waals surface area contributed by atoms with E-state index in [2.05, 4.69) is 104 Å². The Hall–Kier alpha value is -2.11. The number of ether oxygens (including phenoxy) is 5. The number of H-pyrrole nitrogens is 3. The molecule has 11 heterocycles. The molecule has 3 aliphatic heterocycles. The molecule has 0 aliphatic carbocycles. The molecule has 6 N–H and O–H groups in total. The summed E-state index contributed by atoms with van der Waals surface area (Å²) in [4.78, 5) is 83.6. The van der Waals surface area contributed by atoms with Crippen LogP contribution in [0, 0.1) is 18.6 Å². The number of halogens is 9. The molecule has 0 radical (unpaired) electrons. The standard InChI is InChI=1S/C9H8ClN3OS2.C6H5Cl2NO2S.C6H6ClNO2S.C6H15N.C5H6N2OS.C4H3BrClNS.C4HCl2NOS.C4H2ClNOS.C4H8O.C2H6O2.C2H6O/c1-5-2-7(14)13-9(12-5)15-3-6-8(10)11-4-16-6;7-4-3(12-6(8)9-4)5-10-1-2-11-5;7-5-4(11-3-8-5)6-9-1-2-10-6;1-4-7(5-2)6-3;1-3-2-4(8)7-5(9)6-3;5-1-3-4(6)7-2-8-3;5-3-2(1-8)9-4(6)7-3;5-4-3(1-7)8-2-6-4;1-2-4-5-3-1;3-1-2-4;1-2-3/h2,4H,3H2,1H3,(H,12,13,14);5H,1-2H2;3,6H,1-2H2;4-6H2,1-3H3;2H,1H3,(H2,6,7,8,9);2H,1H2;1H;1-2H;1-4H2;3-4H,1-2H2;3H,2H2,1H3. The molecule has 0 amide bonds. The lowest BCUT2D eigenvalue weighted by molar-refractivity contribution is -0.0416. The molecule has 8 aromatic heterocycles. The third-order valence-corrected chi connectivity index (χ3v) is 20.1. The minimum Gasteiger partial charge on any atom is -0.397 e.